The van der Waals surface area contributed by atoms with E-state index in [1.807, 2.05) is 0 Å². The van der Waals surface area contributed by atoms with E-state index < -0.39 is 12.1 Å². The molecule has 1 fully saturated rings. The van der Waals surface area contributed by atoms with Crippen molar-refractivity contribution in [1.82, 2.24) is 5.32 Å². The first-order chi connectivity index (χ1) is 7.13. The van der Waals surface area contributed by atoms with Gasteiger partial charge in [-0.15, -0.1) is 0 Å². The maximum absolute atomic E-state index is 11.0. The molecular formula is C10H15NO4. The number of nitrogens with one attached hydrogen (secondary N) is 1. The molecule has 2 N–H and O–H groups in total. The molecule has 15 heavy (non-hydrogen) atoms. The summed E-state index contributed by atoms with van der Waals surface area (Å²) >= 11 is 0. The Morgan fingerprint density at radius 1 is 1.53 bits per heavy atom. The number of carbonyl (C=O) groups is 2. The van der Waals surface area contributed by atoms with E-state index >= 15 is 0 Å². The number of amides is 1. The molecule has 1 saturated heterocycles. The minimum atomic E-state index is -0.933. The van der Waals surface area contributed by atoms with E-state index in [0.29, 0.717) is 19.4 Å². The number of aliphatic carboxylic acids is 1. The van der Waals surface area contributed by atoms with Gasteiger partial charge in [0.25, 0.3) is 0 Å². The number of hydrogen-bond acceptors (Lipinski definition) is 3. The highest BCUT2D eigenvalue weighted by molar-refractivity contribution is 5.87. The molecule has 1 aliphatic rings. The summed E-state index contributed by atoms with van der Waals surface area (Å²) < 4.78 is 5.21. The van der Waals surface area contributed by atoms with Crippen LogP contribution < -0.4 is 5.32 Å². The first-order valence-electron chi connectivity index (χ1n) is 4.92. The number of carboxylic acids is 1. The van der Waals surface area contributed by atoms with Gasteiger partial charge in [-0.05, 0) is 25.8 Å². The van der Waals surface area contributed by atoms with Gasteiger partial charge in [-0.1, -0.05) is 6.08 Å². The number of hydrogen-bond donors (Lipinski definition) is 2. The highest BCUT2D eigenvalue weighted by atomic mass is 16.5. The Balaban J connectivity index is 2.25. The molecule has 84 valence electrons. The van der Waals surface area contributed by atoms with Crippen molar-refractivity contribution in [3.63, 3.8) is 0 Å². The lowest BCUT2D eigenvalue weighted by Gasteiger charge is -2.11. The molecule has 1 aliphatic heterocycles. The minimum Gasteiger partial charge on any atom is -0.479 e. The topological polar surface area (TPSA) is 75.6 Å². The van der Waals surface area contributed by atoms with E-state index in [2.05, 4.69) is 5.32 Å². The van der Waals surface area contributed by atoms with E-state index in [1.165, 1.54) is 6.08 Å². The number of rotatable bonds is 4. The molecule has 5 heteroatoms. The van der Waals surface area contributed by atoms with Gasteiger partial charge in [-0.3, -0.25) is 4.79 Å². The summed E-state index contributed by atoms with van der Waals surface area (Å²) in [6.07, 6.45) is 3.36. The van der Waals surface area contributed by atoms with Crippen molar-refractivity contribution in [2.75, 3.05) is 6.54 Å². The monoisotopic (exact) mass is 213 g/mol. The Kier molecular flexibility index (Phi) is 4.30. The van der Waals surface area contributed by atoms with Crippen LogP contribution in [0.2, 0.25) is 0 Å². The molecule has 2 atom stereocenters. The number of carboxylic acid groups (broad SMARTS) is 1. The zero-order valence-corrected chi connectivity index (χ0v) is 8.60. The van der Waals surface area contributed by atoms with Crippen LogP contribution in [-0.2, 0) is 14.3 Å². The Labute approximate surface area is 88.1 Å². The third kappa shape index (κ3) is 3.71. The lowest BCUT2D eigenvalue weighted by molar-refractivity contribution is -0.149. The fourth-order valence-corrected chi connectivity index (χ4v) is 1.46. The maximum Gasteiger partial charge on any atom is 0.332 e. The van der Waals surface area contributed by atoms with Crippen LogP contribution in [0.25, 0.3) is 0 Å². The van der Waals surface area contributed by atoms with Crippen LogP contribution in [0.1, 0.15) is 19.8 Å². The molecular weight excluding hydrogens is 198 g/mol. The summed E-state index contributed by atoms with van der Waals surface area (Å²) in [4.78, 5) is 21.6. The van der Waals surface area contributed by atoms with Gasteiger partial charge in [0.1, 0.15) is 0 Å². The molecule has 0 aromatic carbocycles. The van der Waals surface area contributed by atoms with Gasteiger partial charge in [0, 0.05) is 6.54 Å². The zero-order valence-electron chi connectivity index (χ0n) is 8.60. The number of allylic oxidation sites excluding steroid dienone is 1. The molecule has 0 aromatic rings. The summed E-state index contributed by atoms with van der Waals surface area (Å²) in [5.74, 6) is -1.11. The second-order valence-corrected chi connectivity index (χ2v) is 3.41. The third-order valence-electron chi connectivity index (χ3n) is 2.20. The summed E-state index contributed by atoms with van der Waals surface area (Å²) in [5, 5.41) is 11.3. The van der Waals surface area contributed by atoms with Crippen molar-refractivity contribution in [1.29, 1.82) is 0 Å². The van der Waals surface area contributed by atoms with Crippen LogP contribution in [0.3, 0.4) is 0 Å². The first-order valence-corrected chi connectivity index (χ1v) is 4.92. The predicted molar refractivity (Wildman–Crippen MR) is 53.4 cm³/mol. The van der Waals surface area contributed by atoms with Crippen LogP contribution >= 0.6 is 0 Å². The molecule has 0 radical (unpaired) electrons. The van der Waals surface area contributed by atoms with Crippen LogP contribution in [0, 0.1) is 0 Å². The van der Waals surface area contributed by atoms with Crippen LogP contribution in [0.15, 0.2) is 12.2 Å². The molecule has 1 amide bonds. The fourth-order valence-electron chi connectivity index (χ4n) is 1.46. The van der Waals surface area contributed by atoms with Gasteiger partial charge >= 0.3 is 5.97 Å². The molecule has 0 saturated carbocycles. The Morgan fingerprint density at radius 2 is 2.27 bits per heavy atom. The van der Waals surface area contributed by atoms with E-state index in [0.717, 1.165) is 0 Å². The molecule has 0 spiro atoms. The van der Waals surface area contributed by atoms with Crippen molar-refractivity contribution in [2.24, 2.45) is 0 Å². The fraction of sp³-hybridized carbons (Fsp3) is 0.600. The molecule has 0 bridgehead atoms. The van der Waals surface area contributed by atoms with Gasteiger partial charge < -0.3 is 15.2 Å². The zero-order chi connectivity index (χ0) is 11.3. The quantitative estimate of drug-likeness (QED) is 0.659. The second-order valence-electron chi connectivity index (χ2n) is 3.41. The molecule has 5 nitrogen and oxygen atoms in total. The Bertz CT molecular complexity index is 275. The van der Waals surface area contributed by atoms with Gasteiger partial charge in [-0.25, -0.2) is 4.79 Å². The Morgan fingerprint density at radius 3 is 2.80 bits per heavy atom. The van der Waals surface area contributed by atoms with Gasteiger partial charge in [-0.2, -0.15) is 0 Å². The van der Waals surface area contributed by atoms with E-state index in [9.17, 15) is 9.59 Å². The lowest BCUT2D eigenvalue weighted by atomic mass is 10.2. The predicted octanol–water partition coefficient (Wildman–Crippen LogP) is 0.311. The van der Waals surface area contributed by atoms with Crippen molar-refractivity contribution < 1.29 is 19.4 Å². The van der Waals surface area contributed by atoms with E-state index in [4.69, 9.17) is 9.84 Å². The SMILES string of the molecule is CC=CC(=O)NCC1CCC(C(=O)O)O1. The van der Waals surface area contributed by atoms with Gasteiger partial charge in [0.15, 0.2) is 6.10 Å². The smallest absolute Gasteiger partial charge is 0.332 e. The molecule has 0 aliphatic carbocycles. The lowest BCUT2D eigenvalue weighted by Crippen LogP contribution is -2.32. The largest absolute Gasteiger partial charge is 0.479 e. The first kappa shape index (κ1) is 11.7. The third-order valence-corrected chi connectivity index (χ3v) is 2.20. The summed E-state index contributed by atoms with van der Waals surface area (Å²) in [5.41, 5.74) is 0. The van der Waals surface area contributed by atoms with Crippen molar-refractivity contribution in [3.05, 3.63) is 12.2 Å². The van der Waals surface area contributed by atoms with Crippen LogP contribution in [-0.4, -0.2) is 35.7 Å². The average molecular weight is 213 g/mol. The summed E-state index contributed by atoms with van der Waals surface area (Å²) in [6, 6.07) is 0. The van der Waals surface area contributed by atoms with E-state index in [1.54, 1.807) is 13.0 Å². The molecule has 0 aromatic heterocycles. The normalized spacial score (nSPS) is 25.7. The minimum absolute atomic E-state index is 0.180. The van der Waals surface area contributed by atoms with Crippen LogP contribution in [0.5, 0.6) is 0 Å². The van der Waals surface area contributed by atoms with Gasteiger partial charge in [0.05, 0.1) is 6.10 Å². The van der Waals surface area contributed by atoms with Crippen molar-refractivity contribution in [2.45, 2.75) is 32.0 Å². The van der Waals surface area contributed by atoms with E-state index in [-0.39, 0.29) is 12.0 Å². The van der Waals surface area contributed by atoms with Crippen molar-refractivity contribution in [3.8, 4) is 0 Å². The van der Waals surface area contributed by atoms with Crippen molar-refractivity contribution >= 4 is 11.9 Å². The standard InChI is InChI=1S/C10H15NO4/c1-2-3-9(12)11-6-7-4-5-8(15-7)10(13)14/h2-3,7-8H,4-6H2,1H3,(H,11,12)(H,13,14). The highest BCUT2D eigenvalue weighted by Crippen LogP contribution is 2.18. The average Bonchev–Trinajstić information content (AvgIpc) is 2.63. The van der Waals surface area contributed by atoms with Gasteiger partial charge in [0.2, 0.25) is 5.91 Å². The molecule has 2 unspecified atom stereocenters. The summed E-state index contributed by atoms with van der Waals surface area (Å²) in [7, 11) is 0. The number of carbonyl (C=O) groups excluding carboxylic acids is 1. The Hall–Kier alpha value is -1.36. The highest BCUT2D eigenvalue weighted by Gasteiger charge is 2.30. The maximum atomic E-state index is 11.0. The summed E-state index contributed by atoms with van der Waals surface area (Å²) in [6.45, 7) is 2.12. The molecule has 1 rings (SSSR count). The number of ether oxygens (including phenoxy) is 1. The molecule has 1 heterocycles. The van der Waals surface area contributed by atoms with Crippen LogP contribution in [0.4, 0.5) is 0 Å². The second kappa shape index (κ2) is 5.50.